The van der Waals surface area contributed by atoms with Gasteiger partial charge < -0.3 is 20.9 Å². The van der Waals surface area contributed by atoms with Crippen molar-refractivity contribution >= 4 is 17.7 Å². The lowest BCUT2D eigenvalue weighted by molar-refractivity contribution is -0.146. The summed E-state index contributed by atoms with van der Waals surface area (Å²) in [6, 6.07) is -0.574. The van der Waals surface area contributed by atoms with E-state index in [9.17, 15) is 14.4 Å². The van der Waals surface area contributed by atoms with Crippen LogP contribution in [0.15, 0.2) is 0 Å². The zero-order valence-electron chi connectivity index (χ0n) is 10.9. The zero-order valence-corrected chi connectivity index (χ0v) is 10.9. The van der Waals surface area contributed by atoms with Gasteiger partial charge in [-0.05, 0) is 25.8 Å². The Morgan fingerprint density at radius 2 is 2.00 bits per heavy atom. The summed E-state index contributed by atoms with van der Waals surface area (Å²) in [5, 5.41) is 8.37. The highest BCUT2D eigenvalue weighted by molar-refractivity contribution is 6.35. The van der Waals surface area contributed by atoms with Gasteiger partial charge in [-0.1, -0.05) is 0 Å². The monoisotopic (exact) mass is 268 g/mol. The molecule has 7 nitrogen and oxygen atoms in total. The van der Waals surface area contributed by atoms with Gasteiger partial charge in [0.05, 0.1) is 0 Å². The predicted octanol–water partition coefficient (Wildman–Crippen LogP) is -1.80. The van der Waals surface area contributed by atoms with Crippen LogP contribution in [-0.2, 0) is 14.4 Å². The normalized spacial score (nSPS) is 24.3. The predicted molar refractivity (Wildman–Crippen MR) is 68.2 cm³/mol. The van der Waals surface area contributed by atoms with Crippen LogP contribution in [0, 0.1) is 0 Å². The molecule has 0 aliphatic carbocycles. The minimum absolute atomic E-state index is 0.204. The van der Waals surface area contributed by atoms with E-state index in [0.717, 1.165) is 19.4 Å². The smallest absolute Gasteiger partial charge is 0.311 e. The lowest BCUT2D eigenvalue weighted by atomic mass is 10.1. The second-order valence-corrected chi connectivity index (χ2v) is 4.86. The topological polar surface area (TPSA) is 90.5 Å². The van der Waals surface area contributed by atoms with E-state index in [1.54, 1.807) is 0 Å². The number of amides is 3. The highest BCUT2D eigenvalue weighted by Crippen LogP contribution is 2.03. The van der Waals surface area contributed by atoms with Crippen molar-refractivity contribution in [3.8, 4) is 0 Å². The highest BCUT2D eigenvalue weighted by atomic mass is 16.2. The molecule has 2 saturated heterocycles. The molecule has 1 unspecified atom stereocenters. The molecule has 1 atom stereocenters. The van der Waals surface area contributed by atoms with Crippen LogP contribution in [-0.4, -0.2) is 61.4 Å². The van der Waals surface area contributed by atoms with Crippen molar-refractivity contribution in [3.05, 3.63) is 0 Å². The summed E-state index contributed by atoms with van der Waals surface area (Å²) in [6.07, 6.45) is 2.24. The Bertz CT molecular complexity index is 364. The van der Waals surface area contributed by atoms with Crippen LogP contribution < -0.4 is 16.0 Å². The van der Waals surface area contributed by atoms with Gasteiger partial charge in [0.25, 0.3) is 0 Å². The molecule has 2 aliphatic heterocycles. The summed E-state index contributed by atoms with van der Waals surface area (Å²) in [7, 11) is 0. The van der Waals surface area contributed by atoms with Crippen molar-refractivity contribution in [2.45, 2.75) is 25.3 Å². The molecule has 2 aliphatic rings. The molecule has 0 saturated carbocycles. The van der Waals surface area contributed by atoms with Crippen LogP contribution in [0.3, 0.4) is 0 Å². The summed E-state index contributed by atoms with van der Waals surface area (Å²) in [6.45, 7) is 3.30. The molecule has 0 radical (unpaired) electrons. The Hall–Kier alpha value is -1.63. The first-order valence-electron chi connectivity index (χ1n) is 6.76. The van der Waals surface area contributed by atoms with E-state index in [1.807, 2.05) is 0 Å². The van der Waals surface area contributed by atoms with E-state index in [1.165, 1.54) is 4.90 Å². The molecule has 2 heterocycles. The fraction of sp³-hybridized carbons (Fsp3) is 0.750. The Morgan fingerprint density at radius 1 is 1.16 bits per heavy atom. The molecule has 0 aromatic rings. The number of carbonyl (C=O) groups excluding carboxylic acids is 3. The van der Waals surface area contributed by atoms with Crippen molar-refractivity contribution in [1.82, 2.24) is 20.9 Å². The standard InChI is InChI=1S/C12H20N4O3/c17-10-9(3-1-5-14-10)15-11(18)12(19)16-7-2-4-13-6-8-16/h9,13H,1-8H2,(H,14,17)(H,15,18). The Morgan fingerprint density at radius 3 is 2.79 bits per heavy atom. The third-order valence-corrected chi connectivity index (χ3v) is 3.41. The average molecular weight is 268 g/mol. The summed E-state index contributed by atoms with van der Waals surface area (Å²) >= 11 is 0. The van der Waals surface area contributed by atoms with Gasteiger partial charge in [0.2, 0.25) is 5.91 Å². The van der Waals surface area contributed by atoms with Gasteiger partial charge in [-0.2, -0.15) is 0 Å². The van der Waals surface area contributed by atoms with Gasteiger partial charge >= 0.3 is 11.8 Å². The van der Waals surface area contributed by atoms with E-state index in [0.29, 0.717) is 32.6 Å². The fourth-order valence-electron chi connectivity index (χ4n) is 2.32. The maximum absolute atomic E-state index is 12.0. The first-order valence-corrected chi connectivity index (χ1v) is 6.76. The number of nitrogens with zero attached hydrogens (tertiary/aromatic N) is 1. The summed E-state index contributed by atoms with van der Waals surface area (Å²) in [5.41, 5.74) is 0. The molecule has 2 rings (SSSR count). The summed E-state index contributed by atoms with van der Waals surface area (Å²) < 4.78 is 0. The lowest BCUT2D eigenvalue weighted by Gasteiger charge is -2.24. The molecular formula is C12H20N4O3. The van der Waals surface area contributed by atoms with Crippen LogP contribution >= 0.6 is 0 Å². The molecule has 3 N–H and O–H groups in total. The minimum Gasteiger partial charge on any atom is -0.354 e. The Kier molecular flexibility index (Phi) is 4.73. The third-order valence-electron chi connectivity index (χ3n) is 3.41. The van der Waals surface area contributed by atoms with Crippen LogP contribution in [0.5, 0.6) is 0 Å². The van der Waals surface area contributed by atoms with Gasteiger partial charge in [0, 0.05) is 26.2 Å². The number of piperidine rings is 1. The first kappa shape index (κ1) is 13.8. The number of hydrogen-bond donors (Lipinski definition) is 3. The fourth-order valence-corrected chi connectivity index (χ4v) is 2.32. The molecule has 7 heteroatoms. The van der Waals surface area contributed by atoms with Gasteiger partial charge in [-0.3, -0.25) is 14.4 Å². The van der Waals surface area contributed by atoms with Gasteiger partial charge in [0.1, 0.15) is 6.04 Å². The Labute approximate surface area is 112 Å². The molecular weight excluding hydrogens is 248 g/mol. The third kappa shape index (κ3) is 3.66. The SMILES string of the molecule is O=C(NC1CCCNC1=O)C(=O)N1CCCNCC1. The van der Waals surface area contributed by atoms with Gasteiger partial charge in [-0.15, -0.1) is 0 Å². The second kappa shape index (κ2) is 6.51. The van der Waals surface area contributed by atoms with Crippen LogP contribution in [0.4, 0.5) is 0 Å². The number of carbonyl (C=O) groups is 3. The number of hydrogen-bond acceptors (Lipinski definition) is 4. The minimum atomic E-state index is -0.677. The van der Waals surface area contributed by atoms with E-state index in [2.05, 4.69) is 16.0 Å². The van der Waals surface area contributed by atoms with Crippen LogP contribution in [0.2, 0.25) is 0 Å². The van der Waals surface area contributed by atoms with Crippen LogP contribution in [0.25, 0.3) is 0 Å². The highest BCUT2D eigenvalue weighted by Gasteiger charge is 2.28. The molecule has 106 valence electrons. The van der Waals surface area contributed by atoms with E-state index >= 15 is 0 Å². The van der Waals surface area contributed by atoms with Crippen molar-refractivity contribution in [2.24, 2.45) is 0 Å². The average Bonchev–Trinajstić information content (AvgIpc) is 2.69. The van der Waals surface area contributed by atoms with Crippen molar-refractivity contribution in [1.29, 1.82) is 0 Å². The molecule has 2 fully saturated rings. The van der Waals surface area contributed by atoms with Gasteiger partial charge in [0.15, 0.2) is 0 Å². The number of nitrogens with one attached hydrogen (secondary N) is 3. The lowest BCUT2D eigenvalue weighted by Crippen LogP contribution is -2.54. The molecule has 0 aromatic heterocycles. The van der Waals surface area contributed by atoms with Gasteiger partial charge in [-0.25, -0.2) is 0 Å². The van der Waals surface area contributed by atoms with E-state index < -0.39 is 17.9 Å². The maximum atomic E-state index is 12.0. The molecule has 3 amide bonds. The van der Waals surface area contributed by atoms with Crippen LogP contribution in [0.1, 0.15) is 19.3 Å². The quantitative estimate of drug-likeness (QED) is 0.490. The van der Waals surface area contributed by atoms with Crippen molar-refractivity contribution in [3.63, 3.8) is 0 Å². The number of rotatable bonds is 1. The van der Waals surface area contributed by atoms with Crippen molar-refractivity contribution < 1.29 is 14.4 Å². The molecule has 0 aromatic carbocycles. The molecule has 0 spiro atoms. The largest absolute Gasteiger partial charge is 0.354 e. The van der Waals surface area contributed by atoms with E-state index in [-0.39, 0.29) is 5.91 Å². The summed E-state index contributed by atoms with van der Waals surface area (Å²) in [4.78, 5) is 36.9. The molecule has 0 bridgehead atoms. The van der Waals surface area contributed by atoms with E-state index in [4.69, 9.17) is 0 Å². The molecule has 19 heavy (non-hydrogen) atoms. The Balaban J connectivity index is 1.87. The first-order chi connectivity index (χ1) is 9.18. The second-order valence-electron chi connectivity index (χ2n) is 4.86. The van der Waals surface area contributed by atoms with Crippen molar-refractivity contribution in [2.75, 3.05) is 32.7 Å². The zero-order chi connectivity index (χ0) is 13.7. The maximum Gasteiger partial charge on any atom is 0.311 e. The summed E-state index contributed by atoms with van der Waals surface area (Å²) in [5.74, 6) is -1.42.